The largest absolute Gasteiger partial charge is 0.493 e. The van der Waals surface area contributed by atoms with Gasteiger partial charge in [-0.05, 0) is 55.7 Å². The van der Waals surface area contributed by atoms with Crippen LogP contribution in [0.4, 0.5) is 0 Å². The Hall–Kier alpha value is -4.41. The molecular weight excluding hydrogens is 622 g/mol. The van der Waals surface area contributed by atoms with Crippen LogP contribution in [0.2, 0.25) is 0 Å². The molecule has 1 fully saturated rings. The van der Waals surface area contributed by atoms with E-state index in [4.69, 9.17) is 4.74 Å². The third-order valence-electron chi connectivity index (χ3n) is 9.12. The Labute approximate surface area is 290 Å². The maximum Gasteiger partial charge on any atom is 0.255 e. The van der Waals surface area contributed by atoms with Crippen molar-refractivity contribution in [1.82, 2.24) is 26.2 Å². The van der Waals surface area contributed by atoms with Crippen LogP contribution in [0.15, 0.2) is 54.6 Å². The Morgan fingerprint density at radius 3 is 2.29 bits per heavy atom. The minimum Gasteiger partial charge on any atom is -0.493 e. The Kier molecular flexibility index (Phi) is 14.5. The van der Waals surface area contributed by atoms with Crippen molar-refractivity contribution >= 4 is 29.5 Å². The van der Waals surface area contributed by atoms with E-state index in [1.807, 2.05) is 44.2 Å². The van der Waals surface area contributed by atoms with Crippen molar-refractivity contribution in [3.63, 3.8) is 0 Å². The smallest absolute Gasteiger partial charge is 0.255 e. The summed E-state index contributed by atoms with van der Waals surface area (Å²) in [5, 5.41) is 11.5. The van der Waals surface area contributed by atoms with Crippen LogP contribution in [0.5, 0.6) is 5.75 Å². The molecule has 4 rings (SSSR count). The second kappa shape index (κ2) is 19.0. The third kappa shape index (κ3) is 11.9. The SMILES string of the molecule is CC(C)C[C@@H]1NC(=O)C[C@@H](C(=O)NC2CCCC2)NC(=O)c2ccccc2OCCCCCCN(C)C(=O)[C@H](Cc2ccccc2)NC1=O. The molecule has 0 bridgehead atoms. The minimum atomic E-state index is -1.18. The van der Waals surface area contributed by atoms with Crippen molar-refractivity contribution in [1.29, 1.82) is 0 Å². The normalized spacial score (nSPS) is 22.6. The number of nitrogens with zero attached hydrogens (tertiary/aromatic N) is 1. The molecule has 5 amide bonds. The van der Waals surface area contributed by atoms with Crippen molar-refractivity contribution < 1.29 is 28.7 Å². The monoisotopic (exact) mass is 675 g/mol. The second-order valence-electron chi connectivity index (χ2n) is 13.7. The summed E-state index contributed by atoms with van der Waals surface area (Å²) < 4.78 is 6.00. The van der Waals surface area contributed by atoms with Gasteiger partial charge < -0.3 is 30.9 Å². The number of amides is 5. The highest BCUT2D eigenvalue weighted by atomic mass is 16.5. The third-order valence-corrected chi connectivity index (χ3v) is 9.12. The fraction of sp³-hybridized carbons (Fsp3) is 0.553. The first-order valence-corrected chi connectivity index (χ1v) is 17.8. The lowest BCUT2D eigenvalue weighted by atomic mass is 10.00. The highest BCUT2D eigenvalue weighted by Gasteiger charge is 2.32. The van der Waals surface area contributed by atoms with Gasteiger partial charge in [-0.3, -0.25) is 24.0 Å². The van der Waals surface area contributed by atoms with Crippen molar-refractivity contribution in [3.8, 4) is 5.75 Å². The summed E-state index contributed by atoms with van der Waals surface area (Å²) in [5.74, 6) is -1.79. The van der Waals surface area contributed by atoms with Gasteiger partial charge in [0.05, 0.1) is 18.6 Å². The van der Waals surface area contributed by atoms with E-state index in [1.54, 1.807) is 36.2 Å². The summed E-state index contributed by atoms with van der Waals surface area (Å²) in [7, 11) is 1.75. The lowest BCUT2D eigenvalue weighted by Crippen LogP contribution is -2.56. The number of carbonyl (C=O) groups excluding carboxylic acids is 5. The first-order chi connectivity index (χ1) is 23.6. The molecule has 1 saturated carbocycles. The van der Waals surface area contributed by atoms with Gasteiger partial charge in [0.25, 0.3) is 5.91 Å². The Bertz CT molecular complexity index is 1410. The molecule has 49 heavy (non-hydrogen) atoms. The van der Waals surface area contributed by atoms with Gasteiger partial charge in [-0.15, -0.1) is 0 Å². The summed E-state index contributed by atoms with van der Waals surface area (Å²) in [6.07, 6.45) is 7.20. The number of ether oxygens (including phenoxy) is 1. The van der Waals surface area contributed by atoms with Gasteiger partial charge in [-0.2, -0.15) is 0 Å². The van der Waals surface area contributed by atoms with Crippen LogP contribution in [0.3, 0.4) is 0 Å². The second-order valence-corrected chi connectivity index (χ2v) is 13.7. The van der Waals surface area contributed by atoms with Crippen LogP contribution in [-0.2, 0) is 25.6 Å². The van der Waals surface area contributed by atoms with Crippen molar-refractivity contribution in [2.75, 3.05) is 20.2 Å². The number of likely N-dealkylation sites (N-methyl/N-ethyl adjacent to an activating group) is 1. The highest BCUT2D eigenvalue weighted by Crippen LogP contribution is 2.21. The lowest BCUT2D eigenvalue weighted by Gasteiger charge is -2.28. The fourth-order valence-corrected chi connectivity index (χ4v) is 6.42. The van der Waals surface area contributed by atoms with Gasteiger partial charge >= 0.3 is 0 Å². The number of rotatable bonds is 6. The Balaban J connectivity index is 1.60. The van der Waals surface area contributed by atoms with E-state index in [-0.39, 0.29) is 29.9 Å². The van der Waals surface area contributed by atoms with Gasteiger partial charge in [0, 0.05) is 26.1 Å². The maximum absolute atomic E-state index is 13.8. The highest BCUT2D eigenvalue weighted by molar-refractivity contribution is 6.01. The predicted octanol–water partition coefficient (Wildman–Crippen LogP) is 3.90. The Morgan fingerprint density at radius 1 is 0.857 bits per heavy atom. The molecule has 11 heteroatoms. The molecule has 1 aliphatic carbocycles. The van der Waals surface area contributed by atoms with Gasteiger partial charge in [0.15, 0.2) is 0 Å². The zero-order valence-corrected chi connectivity index (χ0v) is 29.2. The van der Waals surface area contributed by atoms with E-state index in [9.17, 15) is 24.0 Å². The Morgan fingerprint density at radius 2 is 1.55 bits per heavy atom. The number of hydrogen-bond acceptors (Lipinski definition) is 6. The first kappa shape index (κ1) is 37.4. The summed E-state index contributed by atoms with van der Waals surface area (Å²) in [6, 6.07) is 13.4. The molecule has 1 heterocycles. The molecule has 0 unspecified atom stereocenters. The van der Waals surface area contributed by atoms with E-state index in [0.29, 0.717) is 31.7 Å². The molecular formula is C38H53N5O6. The molecule has 0 saturated heterocycles. The van der Waals surface area contributed by atoms with Crippen molar-refractivity contribution in [2.45, 2.75) is 109 Å². The van der Waals surface area contributed by atoms with Crippen LogP contribution < -0.4 is 26.0 Å². The molecule has 0 radical (unpaired) electrons. The van der Waals surface area contributed by atoms with E-state index in [2.05, 4.69) is 21.3 Å². The van der Waals surface area contributed by atoms with Crippen LogP contribution >= 0.6 is 0 Å². The van der Waals surface area contributed by atoms with E-state index in [1.165, 1.54) is 0 Å². The molecule has 11 nitrogen and oxygen atoms in total. The van der Waals surface area contributed by atoms with Gasteiger partial charge in [-0.1, -0.05) is 82.0 Å². The maximum atomic E-state index is 13.8. The summed E-state index contributed by atoms with van der Waals surface area (Å²) >= 11 is 0. The van der Waals surface area contributed by atoms with Crippen molar-refractivity contribution in [2.24, 2.45) is 5.92 Å². The zero-order valence-electron chi connectivity index (χ0n) is 29.2. The molecule has 4 N–H and O–H groups in total. The van der Waals surface area contributed by atoms with Crippen LogP contribution in [0, 0.1) is 5.92 Å². The standard InChI is InChI=1S/C38H53N5O6/c1-26(2)23-30-37(47)42-32(24-27-15-7-6-8-16-27)38(48)43(3)21-13-4-5-14-22-49-33-20-12-11-19-29(33)35(45)41-31(25-34(44)40-30)36(46)39-28-17-9-10-18-28/h6-8,11-12,15-16,19-20,26,28,30-32H,4-5,9-10,13-14,17-18,21-25H2,1-3H3,(H,39,46)(H,40,44)(H,41,45)(H,42,47)/t30-,31-,32-/m0/s1. The zero-order chi connectivity index (χ0) is 35.2. The number of fused-ring (bicyclic) bond motifs is 1. The summed E-state index contributed by atoms with van der Waals surface area (Å²) in [4.78, 5) is 70.0. The number of benzene rings is 2. The van der Waals surface area contributed by atoms with E-state index < -0.39 is 41.8 Å². The minimum absolute atomic E-state index is 0.0232. The van der Waals surface area contributed by atoms with Crippen LogP contribution in [0.25, 0.3) is 0 Å². The molecule has 2 aromatic carbocycles. The van der Waals surface area contributed by atoms with Gasteiger partial charge in [-0.25, -0.2) is 0 Å². The van der Waals surface area contributed by atoms with Crippen LogP contribution in [-0.4, -0.2) is 78.8 Å². The number of para-hydroxylation sites is 1. The first-order valence-electron chi connectivity index (χ1n) is 17.8. The summed E-state index contributed by atoms with van der Waals surface area (Å²) in [5.41, 5.74) is 1.17. The van der Waals surface area contributed by atoms with E-state index >= 15 is 0 Å². The fourth-order valence-electron chi connectivity index (χ4n) is 6.42. The molecule has 2 aromatic rings. The van der Waals surface area contributed by atoms with Gasteiger partial charge in [0.2, 0.25) is 23.6 Å². The van der Waals surface area contributed by atoms with Crippen molar-refractivity contribution in [3.05, 3.63) is 65.7 Å². The number of hydrogen-bond donors (Lipinski definition) is 4. The topological polar surface area (TPSA) is 146 Å². The predicted molar refractivity (Wildman–Crippen MR) is 188 cm³/mol. The molecule has 3 atom stereocenters. The molecule has 2 aliphatic rings. The molecule has 0 aromatic heterocycles. The average Bonchev–Trinajstić information content (AvgIpc) is 3.59. The lowest BCUT2D eigenvalue weighted by molar-refractivity contribution is -0.137. The number of nitrogens with one attached hydrogen (secondary N) is 4. The average molecular weight is 676 g/mol. The molecule has 266 valence electrons. The summed E-state index contributed by atoms with van der Waals surface area (Å²) in [6.45, 7) is 4.81. The molecule has 0 spiro atoms. The van der Waals surface area contributed by atoms with E-state index in [0.717, 1.165) is 56.9 Å². The van der Waals surface area contributed by atoms with Gasteiger partial charge in [0.1, 0.15) is 23.9 Å². The molecule has 1 aliphatic heterocycles. The van der Waals surface area contributed by atoms with Crippen LogP contribution in [0.1, 0.15) is 94.0 Å². The number of carbonyl (C=O) groups is 5. The quantitative estimate of drug-likeness (QED) is 0.366.